The minimum absolute atomic E-state index is 0.0178. The SMILES string of the molecule is C=C(/C=C(\C=C/CF)OC(F)(F)F)Oc1nc(N(C)C=O)c(C(=O)N(C)CCCO)n1CC1=CCCC=C1. The molecule has 1 heterocycles. The van der Waals surface area contributed by atoms with Crippen molar-refractivity contribution in [3.63, 3.8) is 0 Å². The lowest BCUT2D eigenvalue weighted by Gasteiger charge is -2.20. The normalized spacial score (nSPS) is 13.9. The van der Waals surface area contributed by atoms with Crippen LogP contribution >= 0.6 is 0 Å². The number of hydrogen-bond acceptors (Lipinski definition) is 6. The van der Waals surface area contributed by atoms with Crippen molar-refractivity contribution in [1.82, 2.24) is 14.5 Å². The summed E-state index contributed by atoms with van der Waals surface area (Å²) in [5, 5.41) is 9.15. The van der Waals surface area contributed by atoms with Gasteiger partial charge in [-0.05, 0) is 30.9 Å². The van der Waals surface area contributed by atoms with E-state index >= 15 is 0 Å². The fourth-order valence-electron chi connectivity index (χ4n) is 3.42. The van der Waals surface area contributed by atoms with Gasteiger partial charge in [-0.25, -0.2) is 4.39 Å². The first-order valence-corrected chi connectivity index (χ1v) is 11.6. The third-order valence-corrected chi connectivity index (χ3v) is 5.15. The van der Waals surface area contributed by atoms with Crippen molar-refractivity contribution >= 4 is 18.1 Å². The van der Waals surface area contributed by atoms with Gasteiger partial charge in [-0.15, -0.1) is 13.2 Å². The summed E-state index contributed by atoms with van der Waals surface area (Å²) in [6.45, 7) is 2.70. The maximum Gasteiger partial charge on any atom is 0.573 e. The maximum atomic E-state index is 13.4. The van der Waals surface area contributed by atoms with Gasteiger partial charge in [-0.3, -0.25) is 14.2 Å². The molecule has 2 rings (SSSR count). The molecule has 1 aromatic heterocycles. The highest BCUT2D eigenvalue weighted by atomic mass is 19.4. The molecule has 1 aliphatic rings. The van der Waals surface area contributed by atoms with Crippen molar-refractivity contribution in [2.24, 2.45) is 0 Å². The Hall–Kier alpha value is -3.87. The number of imidazole rings is 1. The number of aromatic nitrogens is 2. The van der Waals surface area contributed by atoms with E-state index in [0.29, 0.717) is 12.8 Å². The zero-order valence-corrected chi connectivity index (χ0v) is 21.1. The number of alkyl halides is 4. The average molecular weight is 543 g/mol. The van der Waals surface area contributed by atoms with Crippen LogP contribution in [0.3, 0.4) is 0 Å². The average Bonchev–Trinajstić information content (AvgIpc) is 3.21. The zero-order valence-electron chi connectivity index (χ0n) is 21.1. The molecule has 0 saturated carbocycles. The molecule has 1 aliphatic carbocycles. The Morgan fingerprint density at radius 2 is 2.05 bits per heavy atom. The predicted octanol–water partition coefficient (Wildman–Crippen LogP) is 4.05. The molecule has 9 nitrogen and oxygen atoms in total. The molecule has 0 atom stereocenters. The van der Waals surface area contributed by atoms with E-state index in [1.54, 1.807) is 0 Å². The molecular weight excluding hydrogens is 512 g/mol. The van der Waals surface area contributed by atoms with Gasteiger partial charge in [0.25, 0.3) is 5.91 Å². The molecule has 0 fully saturated rings. The van der Waals surface area contributed by atoms with Crippen molar-refractivity contribution in [2.45, 2.75) is 32.2 Å². The molecule has 208 valence electrons. The lowest BCUT2D eigenvalue weighted by atomic mass is 10.1. The number of amides is 2. The van der Waals surface area contributed by atoms with Crippen LogP contribution in [0.4, 0.5) is 23.4 Å². The second kappa shape index (κ2) is 14.2. The van der Waals surface area contributed by atoms with E-state index in [-0.39, 0.29) is 43.0 Å². The van der Waals surface area contributed by atoms with E-state index in [4.69, 9.17) is 9.84 Å². The number of carbonyl (C=O) groups is 2. The van der Waals surface area contributed by atoms with Crippen LogP contribution in [0.1, 0.15) is 29.8 Å². The number of ether oxygens (including phenoxy) is 2. The number of nitrogens with zero attached hydrogens (tertiary/aromatic N) is 4. The van der Waals surface area contributed by atoms with Gasteiger partial charge in [-0.2, -0.15) is 4.98 Å². The van der Waals surface area contributed by atoms with Gasteiger partial charge in [0.05, 0.1) is 6.54 Å². The van der Waals surface area contributed by atoms with Gasteiger partial charge < -0.3 is 24.4 Å². The predicted molar refractivity (Wildman–Crippen MR) is 132 cm³/mol. The zero-order chi connectivity index (χ0) is 28.3. The molecule has 0 spiro atoms. The van der Waals surface area contributed by atoms with Gasteiger partial charge in [0.1, 0.15) is 18.2 Å². The molecular formula is C25H30F4N4O5. The molecule has 1 aromatic rings. The number of halogens is 4. The number of rotatable bonds is 14. The number of hydrogen-bond donors (Lipinski definition) is 1. The minimum Gasteiger partial charge on any atom is -0.426 e. The highest BCUT2D eigenvalue weighted by molar-refractivity contribution is 5.99. The summed E-state index contributed by atoms with van der Waals surface area (Å²) in [5.41, 5.74) is 0.787. The molecule has 0 unspecified atom stereocenters. The fraction of sp³-hybridized carbons (Fsp3) is 0.400. The van der Waals surface area contributed by atoms with Crippen molar-refractivity contribution in [2.75, 3.05) is 38.8 Å². The first-order valence-electron chi connectivity index (χ1n) is 11.6. The molecule has 0 aliphatic heterocycles. The van der Waals surface area contributed by atoms with Gasteiger partial charge in [0.15, 0.2) is 11.5 Å². The fourth-order valence-corrected chi connectivity index (χ4v) is 3.42. The van der Waals surface area contributed by atoms with E-state index in [1.807, 2.05) is 18.2 Å². The summed E-state index contributed by atoms with van der Waals surface area (Å²) < 4.78 is 61.8. The molecule has 0 radical (unpaired) electrons. The summed E-state index contributed by atoms with van der Waals surface area (Å²) in [4.78, 5) is 31.7. The van der Waals surface area contributed by atoms with Crippen LogP contribution in [-0.2, 0) is 16.1 Å². The Labute approximate surface area is 217 Å². The third-order valence-electron chi connectivity index (χ3n) is 5.15. The Kier molecular flexibility index (Phi) is 11.3. The van der Waals surface area contributed by atoms with Crippen LogP contribution in [0.25, 0.3) is 0 Å². The number of allylic oxidation sites excluding steroid dienone is 7. The second-order valence-corrected chi connectivity index (χ2v) is 8.15. The maximum absolute atomic E-state index is 13.4. The highest BCUT2D eigenvalue weighted by Gasteiger charge is 2.32. The van der Waals surface area contributed by atoms with Crippen LogP contribution in [0, 0.1) is 0 Å². The van der Waals surface area contributed by atoms with Crippen molar-refractivity contribution in [1.29, 1.82) is 0 Å². The number of anilines is 1. The van der Waals surface area contributed by atoms with Crippen LogP contribution in [0.15, 0.2) is 60.1 Å². The van der Waals surface area contributed by atoms with Crippen LogP contribution in [-0.4, -0.2) is 72.2 Å². The number of aliphatic hydroxyl groups excluding tert-OH is 1. The highest BCUT2D eigenvalue weighted by Crippen LogP contribution is 2.30. The summed E-state index contributed by atoms with van der Waals surface area (Å²) >= 11 is 0. The Morgan fingerprint density at radius 1 is 1.32 bits per heavy atom. The van der Waals surface area contributed by atoms with Crippen LogP contribution in [0.5, 0.6) is 6.01 Å². The summed E-state index contributed by atoms with van der Waals surface area (Å²) in [5.74, 6) is -1.74. The largest absolute Gasteiger partial charge is 0.573 e. The Bertz CT molecular complexity index is 1120. The molecule has 2 amide bonds. The first-order chi connectivity index (χ1) is 18.0. The van der Waals surface area contributed by atoms with E-state index < -0.39 is 24.7 Å². The summed E-state index contributed by atoms with van der Waals surface area (Å²) in [7, 11) is 2.89. The molecule has 0 saturated heterocycles. The standard InChI is InChI=1S/C25H30F4N4O5/c1-18(15-20(11-7-12-26)38-25(27,28)29)37-24-30-22(32(3)17-35)21(23(36)31(2)13-8-14-34)33(24)16-19-9-5-4-6-10-19/h5,7,9-11,15,17,34H,1,4,6,8,12-14,16H2,2-3H3/b11-7-,20-15+. The van der Waals surface area contributed by atoms with Crippen molar-refractivity contribution in [3.05, 3.63) is 65.8 Å². The molecule has 0 bridgehead atoms. The van der Waals surface area contributed by atoms with E-state index in [2.05, 4.69) is 16.3 Å². The summed E-state index contributed by atoms with van der Waals surface area (Å²) in [6.07, 6.45) is 5.39. The Balaban J connectivity index is 2.58. The Morgan fingerprint density at radius 3 is 2.63 bits per heavy atom. The molecule has 13 heteroatoms. The quantitative estimate of drug-likeness (QED) is 0.165. The lowest BCUT2D eigenvalue weighted by molar-refractivity contribution is -0.303. The lowest BCUT2D eigenvalue weighted by Crippen LogP contribution is -2.32. The smallest absolute Gasteiger partial charge is 0.426 e. The number of carbonyl (C=O) groups excluding carboxylic acids is 2. The van der Waals surface area contributed by atoms with E-state index in [1.165, 1.54) is 23.6 Å². The summed E-state index contributed by atoms with van der Waals surface area (Å²) in [6, 6.07) is -0.227. The van der Waals surface area contributed by atoms with Gasteiger partial charge in [-0.1, -0.05) is 30.9 Å². The molecule has 1 N–H and O–H groups in total. The minimum atomic E-state index is -5.05. The molecule has 38 heavy (non-hydrogen) atoms. The van der Waals surface area contributed by atoms with Crippen molar-refractivity contribution < 1.29 is 41.7 Å². The van der Waals surface area contributed by atoms with Crippen molar-refractivity contribution in [3.8, 4) is 6.01 Å². The van der Waals surface area contributed by atoms with Crippen LogP contribution < -0.4 is 9.64 Å². The van der Waals surface area contributed by atoms with E-state index in [0.717, 1.165) is 41.5 Å². The van der Waals surface area contributed by atoms with E-state index in [9.17, 15) is 27.2 Å². The third kappa shape index (κ3) is 8.91. The number of aliphatic hydroxyl groups is 1. The monoisotopic (exact) mass is 542 g/mol. The van der Waals surface area contributed by atoms with Gasteiger partial charge >= 0.3 is 12.4 Å². The second-order valence-electron chi connectivity index (χ2n) is 8.15. The van der Waals surface area contributed by atoms with Gasteiger partial charge in [0, 0.05) is 33.3 Å². The van der Waals surface area contributed by atoms with Crippen LogP contribution in [0.2, 0.25) is 0 Å². The molecule has 0 aromatic carbocycles. The van der Waals surface area contributed by atoms with Gasteiger partial charge in [0.2, 0.25) is 6.41 Å². The topological polar surface area (TPSA) is 97.1 Å². The first kappa shape index (κ1) is 30.4.